The topological polar surface area (TPSA) is 47.9 Å². The average Bonchev–Trinajstić information content (AvgIpc) is 3.17. The fourth-order valence-electron chi connectivity index (χ4n) is 3.38. The van der Waals surface area contributed by atoms with Gasteiger partial charge in [0.05, 0.1) is 0 Å². The maximum absolute atomic E-state index is 9.34. The Balaban J connectivity index is 0.00000280. The van der Waals surface area contributed by atoms with Crippen LogP contribution in [0.1, 0.15) is 18.4 Å². The minimum absolute atomic E-state index is 0. The number of guanidine groups is 1. The van der Waals surface area contributed by atoms with Crippen molar-refractivity contribution >= 4 is 41.7 Å². The summed E-state index contributed by atoms with van der Waals surface area (Å²) in [6.07, 6.45) is 3.28. The largest absolute Gasteiger partial charge is 0.508 e. The Bertz CT molecular complexity index is 724. The normalized spacial score (nSPS) is 16.7. The molecule has 1 aliphatic rings. The first-order valence-corrected chi connectivity index (χ1v) is 10.6. The average molecular weight is 511 g/mol. The first-order valence-electron chi connectivity index (χ1n) is 9.66. The standard InChI is InChI=1S/C22H29N3OS.HI/c1-23-22(24-14-5-6-18-9-11-20(26)12-10-18)25-15-13-19(16-25)17-27-21-7-3-2-4-8-21;/h2-4,7-12,19,26H,5-6,13-17H2,1H3,(H,23,24);1H. The number of nitrogens with zero attached hydrogens (tertiary/aromatic N) is 2. The molecular formula is C22H30IN3OS. The molecule has 28 heavy (non-hydrogen) atoms. The van der Waals surface area contributed by atoms with E-state index in [4.69, 9.17) is 0 Å². The van der Waals surface area contributed by atoms with Crippen molar-refractivity contribution in [2.75, 3.05) is 32.4 Å². The molecule has 3 rings (SSSR count). The van der Waals surface area contributed by atoms with Crippen LogP contribution in [0.25, 0.3) is 0 Å². The summed E-state index contributed by atoms with van der Waals surface area (Å²) >= 11 is 1.95. The fourth-order valence-corrected chi connectivity index (χ4v) is 4.43. The Labute approximate surface area is 189 Å². The van der Waals surface area contributed by atoms with Crippen molar-refractivity contribution < 1.29 is 5.11 Å². The number of rotatable bonds is 7. The predicted octanol–water partition coefficient (Wildman–Crippen LogP) is 4.63. The highest BCUT2D eigenvalue weighted by molar-refractivity contribution is 14.0. The first kappa shape index (κ1) is 22.9. The van der Waals surface area contributed by atoms with E-state index in [-0.39, 0.29) is 24.0 Å². The number of halogens is 1. The molecule has 0 aliphatic carbocycles. The number of aryl methyl sites for hydroxylation is 1. The second-order valence-corrected chi connectivity index (χ2v) is 8.06. The van der Waals surface area contributed by atoms with Crippen molar-refractivity contribution in [1.29, 1.82) is 0 Å². The van der Waals surface area contributed by atoms with Gasteiger partial charge in [-0.2, -0.15) is 0 Å². The van der Waals surface area contributed by atoms with E-state index in [0.29, 0.717) is 11.7 Å². The Morgan fingerprint density at radius 1 is 1.18 bits per heavy atom. The Kier molecular flexibility index (Phi) is 9.98. The van der Waals surface area contributed by atoms with Crippen LogP contribution in [0, 0.1) is 5.92 Å². The minimum atomic E-state index is 0. The zero-order valence-corrected chi connectivity index (χ0v) is 19.5. The number of phenols is 1. The number of benzene rings is 2. The van der Waals surface area contributed by atoms with Gasteiger partial charge < -0.3 is 15.3 Å². The summed E-state index contributed by atoms with van der Waals surface area (Å²) in [6.45, 7) is 3.07. The molecule has 1 atom stereocenters. The van der Waals surface area contributed by atoms with Gasteiger partial charge in [-0.3, -0.25) is 4.99 Å². The third kappa shape index (κ3) is 7.20. The molecule has 0 radical (unpaired) electrons. The van der Waals surface area contributed by atoms with Crippen molar-refractivity contribution in [3.63, 3.8) is 0 Å². The summed E-state index contributed by atoms with van der Waals surface area (Å²) < 4.78 is 0. The van der Waals surface area contributed by atoms with E-state index in [1.807, 2.05) is 30.9 Å². The van der Waals surface area contributed by atoms with Crippen LogP contribution in [-0.2, 0) is 6.42 Å². The van der Waals surface area contributed by atoms with Crippen LogP contribution in [0.5, 0.6) is 5.75 Å². The highest BCUT2D eigenvalue weighted by Gasteiger charge is 2.24. The summed E-state index contributed by atoms with van der Waals surface area (Å²) in [7, 11) is 1.87. The highest BCUT2D eigenvalue weighted by Crippen LogP contribution is 2.25. The van der Waals surface area contributed by atoms with Crippen LogP contribution in [0.15, 0.2) is 64.5 Å². The highest BCUT2D eigenvalue weighted by atomic mass is 127. The SMILES string of the molecule is CN=C(NCCCc1ccc(O)cc1)N1CCC(CSc2ccccc2)C1.I. The lowest BCUT2D eigenvalue weighted by Crippen LogP contribution is -2.40. The molecule has 152 valence electrons. The van der Waals surface area contributed by atoms with E-state index in [1.165, 1.54) is 22.6 Å². The quantitative estimate of drug-likeness (QED) is 0.187. The zero-order valence-electron chi connectivity index (χ0n) is 16.4. The lowest BCUT2D eigenvalue weighted by molar-refractivity contribution is 0.473. The molecule has 2 aromatic rings. The van der Waals surface area contributed by atoms with E-state index in [9.17, 15) is 5.11 Å². The lowest BCUT2D eigenvalue weighted by Gasteiger charge is -2.21. The number of aliphatic imine (C=N–C) groups is 1. The van der Waals surface area contributed by atoms with Gasteiger partial charge in [0, 0.05) is 37.3 Å². The zero-order chi connectivity index (χ0) is 18.9. The second kappa shape index (κ2) is 12.2. The number of hydrogen-bond acceptors (Lipinski definition) is 3. The molecule has 1 saturated heterocycles. The number of nitrogens with one attached hydrogen (secondary N) is 1. The Morgan fingerprint density at radius 2 is 1.93 bits per heavy atom. The number of thioether (sulfide) groups is 1. The molecular weight excluding hydrogens is 481 g/mol. The maximum atomic E-state index is 9.34. The molecule has 2 aromatic carbocycles. The van der Waals surface area contributed by atoms with E-state index >= 15 is 0 Å². The van der Waals surface area contributed by atoms with Crippen LogP contribution in [-0.4, -0.2) is 48.4 Å². The van der Waals surface area contributed by atoms with Crippen LogP contribution in [0.4, 0.5) is 0 Å². The molecule has 1 aliphatic heterocycles. The molecule has 1 fully saturated rings. The van der Waals surface area contributed by atoms with Gasteiger partial charge in [0.15, 0.2) is 5.96 Å². The molecule has 6 heteroatoms. The van der Waals surface area contributed by atoms with Crippen molar-refractivity contribution in [1.82, 2.24) is 10.2 Å². The van der Waals surface area contributed by atoms with Gasteiger partial charge >= 0.3 is 0 Å². The van der Waals surface area contributed by atoms with Crippen LogP contribution in [0.3, 0.4) is 0 Å². The molecule has 0 saturated carbocycles. The van der Waals surface area contributed by atoms with Gasteiger partial charge in [0.2, 0.25) is 0 Å². The molecule has 1 unspecified atom stereocenters. The fraction of sp³-hybridized carbons (Fsp3) is 0.409. The summed E-state index contributed by atoms with van der Waals surface area (Å²) in [4.78, 5) is 8.21. The monoisotopic (exact) mass is 511 g/mol. The minimum Gasteiger partial charge on any atom is -0.508 e. The third-order valence-electron chi connectivity index (χ3n) is 4.89. The summed E-state index contributed by atoms with van der Waals surface area (Å²) in [5, 5.41) is 12.9. The third-order valence-corrected chi connectivity index (χ3v) is 6.13. The molecule has 0 aromatic heterocycles. The molecule has 4 nitrogen and oxygen atoms in total. The maximum Gasteiger partial charge on any atom is 0.193 e. The number of aromatic hydroxyl groups is 1. The second-order valence-electron chi connectivity index (χ2n) is 6.97. The molecule has 0 bridgehead atoms. The van der Waals surface area contributed by atoms with E-state index in [0.717, 1.165) is 38.4 Å². The summed E-state index contributed by atoms with van der Waals surface area (Å²) in [6, 6.07) is 18.1. The van der Waals surface area contributed by atoms with Crippen molar-refractivity contribution in [2.24, 2.45) is 10.9 Å². The smallest absolute Gasteiger partial charge is 0.193 e. The number of phenolic OH excluding ortho intramolecular Hbond substituents is 1. The Morgan fingerprint density at radius 3 is 2.64 bits per heavy atom. The van der Waals surface area contributed by atoms with Gasteiger partial charge in [-0.05, 0) is 55.0 Å². The van der Waals surface area contributed by atoms with Crippen LogP contribution < -0.4 is 5.32 Å². The van der Waals surface area contributed by atoms with E-state index in [2.05, 4.69) is 45.5 Å². The van der Waals surface area contributed by atoms with E-state index in [1.54, 1.807) is 12.1 Å². The summed E-state index contributed by atoms with van der Waals surface area (Å²) in [5.41, 5.74) is 1.25. The number of likely N-dealkylation sites (tertiary alicyclic amines) is 1. The van der Waals surface area contributed by atoms with Crippen LogP contribution in [0.2, 0.25) is 0 Å². The van der Waals surface area contributed by atoms with Gasteiger partial charge in [0.1, 0.15) is 5.75 Å². The van der Waals surface area contributed by atoms with Gasteiger partial charge in [-0.15, -0.1) is 35.7 Å². The predicted molar refractivity (Wildman–Crippen MR) is 130 cm³/mol. The van der Waals surface area contributed by atoms with Crippen molar-refractivity contribution in [2.45, 2.75) is 24.2 Å². The van der Waals surface area contributed by atoms with Crippen LogP contribution >= 0.6 is 35.7 Å². The van der Waals surface area contributed by atoms with Gasteiger partial charge in [-0.1, -0.05) is 30.3 Å². The van der Waals surface area contributed by atoms with Gasteiger partial charge in [-0.25, -0.2) is 0 Å². The summed E-state index contributed by atoms with van der Waals surface area (Å²) in [5.74, 6) is 3.23. The van der Waals surface area contributed by atoms with Gasteiger partial charge in [0.25, 0.3) is 0 Å². The lowest BCUT2D eigenvalue weighted by atomic mass is 10.1. The molecule has 1 heterocycles. The first-order chi connectivity index (χ1) is 13.2. The molecule has 0 amide bonds. The molecule has 2 N–H and O–H groups in total. The Hall–Kier alpha value is -1.41. The molecule has 0 spiro atoms. The van der Waals surface area contributed by atoms with Crippen molar-refractivity contribution in [3.8, 4) is 5.75 Å². The van der Waals surface area contributed by atoms with Crippen molar-refractivity contribution in [3.05, 3.63) is 60.2 Å². The number of hydrogen-bond donors (Lipinski definition) is 2. The van der Waals surface area contributed by atoms with E-state index < -0.39 is 0 Å².